The molecule has 1 aliphatic heterocycles. The van der Waals surface area contributed by atoms with E-state index in [1.165, 1.54) is 0 Å². The Kier molecular flexibility index (Phi) is 6.74. The standard InChI is InChI=1S/C27H29NO4/c1-3-31-21-12-7-11-20(17-21)25-24(18(2)28-22-13-8-14-23(29)26(22)25)27(30)32-16-15-19-9-5-4-6-10-19/h4-7,9-12,17,25,28H,3,8,13-16H2,1-2H3/t25-/m1/s1. The normalized spacial score (nSPS) is 18.2. The molecular weight excluding hydrogens is 402 g/mol. The first-order valence-corrected chi connectivity index (χ1v) is 11.3. The van der Waals surface area contributed by atoms with Crippen LogP contribution in [0, 0.1) is 0 Å². The van der Waals surface area contributed by atoms with Gasteiger partial charge in [-0.05, 0) is 49.9 Å². The third-order valence-corrected chi connectivity index (χ3v) is 5.96. The SMILES string of the molecule is CCOc1cccc([C@@H]2C(C(=O)OCCc3ccccc3)=C(C)NC3=C2C(=O)CCC3)c1. The molecule has 0 radical (unpaired) electrons. The van der Waals surface area contributed by atoms with Gasteiger partial charge in [-0.2, -0.15) is 0 Å². The smallest absolute Gasteiger partial charge is 0.336 e. The summed E-state index contributed by atoms with van der Waals surface area (Å²) in [6.07, 6.45) is 2.76. The second-order valence-corrected chi connectivity index (χ2v) is 8.14. The Morgan fingerprint density at radius 2 is 1.91 bits per heavy atom. The van der Waals surface area contributed by atoms with Crippen LogP contribution in [0.3, 0.4) is 0 Å². The van der Waals surface area contributed by atoms with Gasteiger partial charge in [0.05, 0.1) is 18.8 Å². The number of carbonyl (C=O) groups is 2. The highest BCUT2D eigenvalue weighted by atomic mass is 16.5. The van der Waals surface area contributed by atoms with Crippen molar-refractivity contribution in [2.24, 2.45) is 0 Å². The maximum atomic E-state index is 13.3. The van der Waals surface area contributed by atoms with Crippen LogP contribution < -0.4 is 10.1 Å². The fraction of sp³-hybridized carbons (Fsp3) is 0.333. The number of dihydropyridines is 1. The Hall–Kier alpha value is -3.34. The Balaban J connectivity index is 1.65. The second kappa shape index (κ2) is 9.86. The van der Waals surface area contributed by atoms with Crippen LogP contribution in [0.25, 0.3) is 0 Å². The predicted octanol–water partition coefficient (Wildman–Crippen LogP) is 4.84. The molecule has 0 unspecified atom stereocenters. The van der Waals surface area contributed by atoms with E-state index in [1.54, 1.807) is 0 Å². The van der Waals surface area contributed by atoms with E-state index >= 15 is 0 Å². The number of allylic oxidation sites excluding steroid dienone is 3. The van der Waals surface area contributed by atoms with Crippen LogP contribution in [0.1, 0.15) is 50.2 Å². The Morgan fingerprint density at radius 1 is 1.09 bits per heavy atom. The molecule has 166 valence electrons. The van der Waals surface area contributed by atoms with E-state index in [-0.39, 0.29) is 18.4 Å². The van der Waals surface area contributed by atoms with Crippen molar-refractivity contribution in [1.82, 2.24) is 5.32 Å². The molecule has 1 N–H and O–H groups in total. The van der Waals surface area contributed by atoms with Gasteiger partial charge < -0.3 is 14.8 Å². The van der Waals surface area contributed by atoms with Crippen molar-refractivity contribution in [1.29, 1.82) is 0 Å². The van der Waals surface area contributed by atoms with Crippen molar-refractivity contribution in [3.63, 3.8) is 0 Å². The Morgan fingerprint density at radius 3 is 2.69 bits per heavy atom. The summed E-state index contributed by atoms with van der Waals surface area (Å²) in [4.78, 5) is 26.3. The maximum absolute atomic E-state index is 13.3. The molecule has 2 aromatic rings. The molecule has 0 spiro atoms. The summed E-state index contributed by atoms with van der Waals surface area (Å²) < 4.78 is 11.4. The number of nitrogens with one attached hydrogen (secondary N) is 1. The number of Topliss-reactive ketones (excluding diaryl/α,β-unsaturated/α-hetero) is 1. The number of hydrogen-bond donors (Lipinski definition) is 1. The number of ether oxygens (including phenoxy) is 2. The van der Waals surface area contributed by atoms with E-state index in [1.807, 2.05) is 68.4 Å². The van der Waals surface area contributed by atoms with Gasteiger partial charge >= 0.3 is 5.97 Å². The molecule has 0 amide bonds. The minimum Gasteiger partial charge on any atom is -0.494 e. The quantitative estimate of drug-likeness (QED) is 0.636. The fourth-order valence-electron chi connectivity index (χ4n) is 4.52. The van der Waals surface area contributed by atoms with Gasteiger partial charge in [0.15, 0.2) is 5.78 Å². The highest BCUT2D eigenvalue weighted by molar-refractivity contribution is 6.03. The van der Waals surface area contributed by atoms with Crippen molar-refractivity contribution in [3.8, 4) is 5.75 Å². The van der Waals surface area contributed by atoms with E-state index in [9.17, 15) is 9.59 Å². The second-order valence-electron chi connectivity index (χ2n) is 8.14. The van der Waals surface area contributed by atoms with Crippen LogP contribution in [0.5, 0.6) is 5.75 Å². The van der Waals surface area contributed by atoms with Gasteiger partial charge in [0, 0.05) is 35.7 Å². The van der Waals surface area contributed by atoms with Crippen molar-refractivity contribution < 1.29 is 19.1 Å². The highest BCUT2D eigenvalue weighted by Gasteiger charge is 2.39. The molecule has 2 aliphatic rings. The van der Waals surface area contributed by atoms with Gasteiger partial charge in [0.1, 0.15) is 5.75 Å². The topological polar surface area (TPSA) is 64.6 Å². The molecule has 0 saturated carbocycles. The van der Waals surface area contributed by atoms with E-state index < -0.39 is 5.92 Å². The zero-order chi connectivity index (χ0) is 22.5. The lowest BCUT2D eigenvalue weighted by molar-refractivity contribution is -0.139. The average molecular weight is 432 g/mol. The molecule has 5 heteroatoms. The average Bonchev–Trinajstić information content (AvgIpc) is 2.79. The van der Waals surface area contributed by atoms with Crippen molar-refractivity contribution in [3.05, 3.63) is 88.3 Å². The van der Waals surface area contributed by atoms with Gasteiger partial charge in [0.25, 0.3) is 0 Å². The van der Waals surface area contributed by atoms with Crippen LogP contribution in [0.15, 0.2) is 77.1 Å². The van der Waals surface area contributed by atoms with Crippen molar-refractivity contribution in [2.45, 2.75) is 45.4 Å². The Bertz CT molecular complexity index is 1070. The third-order valence-electron chi connectivity index (χ3n) is 5.96. The van der Waals surface area contributed by atoms with E-state index in [0.29, 0.717) is 30.6 Å². The first-order valence-electron chi connectivity index (χ1n) is 11.3. The minimum absolute atomic E-state index is 0.0904. The summed E-state index contributed by atoms with van der Waals surface area (Å²) in [5.41, 5.74) is 4.84. The van der Waals surface area contributed by atoms with Crippen LogP contribution in [-0.2, 0) is 20.7 Å². The summed E-state index contributed by atoms with van der Waals surface area (Å²) in [5.74, 6) is -0.0256. The molecule has 1 atom stereocenters. The predicted molar refractivity (Wildman–Crippen MR) is 123 cm³/mol. The number of esters is 1. The van der Waals surface area contributed by atoms with Crippen molar-refractivity contribution in [2.75, 3.05) is 13.2 Å². The summed E-state index contributed by atoms with van der Waals surface area (Å²) in [5, 5.41) is 3.33. The van der Waals surface area contributed by atoms with Crippen LogP contribution >= 0.6 is 0 Å². The highest BCUT2D eigenvalue weighted by Crippen LogP contribution is 2.43. The van der Waals surface area contributed by atoms with Crippen LogP contribution in [-0.4, -0.2) is 25.0 Å². The molecule has 1 aliphatic carbocycles. The lowest BCUT2D eigenvalue weighted by Gasteiger charge is -2.34. The Labute approximate surface area is 189 Å². The monoisotopic (exact) mass is 431 g/mol. The molecule has 4 rings (SSSR count). The number of benzene rings is 2. The molecule has 5 nitrogen and oxygen atoms in total. The summed E-state index contributed by atoms with van der Waals surface area (Å²) in [7, 11) is 0. The molecule has 2 aromatic carbocycles. The molecule has 32 heavy (non-hydrogen) atoms. The zero-order valence-electron chi connectivity index (χ0n) is 18.6. The zero-order valence-corrected chi connectivity index (χ0v) is 18.6. The van der Waals surface area contributed by atoms with Crippen molar-refractivity contribution >= 4 is 11.8 Å². The summed E-state index contributed by atoms with van der Waals surface area (Å²) >= 11 is 0. The molecule has 1 heterocycles. The largest absolute Gasteiger partial charge is 0.494 e. The van der Waals surface area contributed by atoms with Gasteiger partial charge in [-0.3, -0.25) is 4.79 Å². The van der Waals surface area contributed by atoms with E-state index in [2.05, 4.69) is 5.32 Å². The summed E-state index contributed by atoms with van der Waals surface area (Å²) in [6, 6.07) is 17.6. The molecule has 0 aromatic heterocycles. The number of hydrogen-bond acceptors (Lipinski definition) is 5. The van der Waals surface area contributed by atoms with Crippen LogP contribution in [0.4, 0.5) is 0 Å². The van der Waals surface area contributed by atoms with Gasteiger partial charge in [0.2, 0.25) is 0 Å². The number of carbonyl (C=O) groups excluding carboxylic acids is 2. The first kappa shape index (κ1) is 21.9. The van der Waals surface area contributed by atoms with Gasteiger partial charge in [-0.25, -0.2) is 4.79 Å². The molecular formula is C27H29NO4. The fourth-order valence-corrected chi connectivity index (χ4v) is 4.52. The third kappa shape index (κ3) is 4.62. The lowest BCUT2D eigenvalue weighted by atomic mass is 9.75. The molecule has 0 fully saturated rings. The summed E-state index contributed by atoms with van der Waals surface area (Å²) in [6.45, 7) is 4.65. The minimum atomic E-state index is -0.455. The maximum Gasteiger partial charge on any atom is 0.336 e. The number of rotatable bonds is 7. The van der Waals surface area contributed by atoms with E-state index in [4.69, 9.17) is 9.47 Å². The molecule has 0 saturated heterocycles. The van der Waals surface area contributed by atoms with Crippen LogP contribution in [0.2, 0.25) is 0 Å². The molecule has 0 bridgehead atoms. The lowest BCUT2D eigenvalue weighted by Crippen LogP contribution is -2.34. The van der Waals surface area contributed by atoms with Gasteiger partial charge in [-0.1, -0.05) is 42.5 Å². The number of ketones is 1. The van der Waals surface area contributed by atoms with E-state index in [0.717, 1.165) is 41.1 Å². The first-order chi connectivity index (χ1) is 15.6. The van der Waals surface area contributed by atoms with Gasteiger partial charge in [-0.15, -0.1) is 0 Å².